The molecule has 4 aromatic rings. The first-order valence-corrected chi connectivity index (χ1v) is 11.9. The number of benzene rings is 1. The minimum Gasteiger partial charge on any atom is -0.302 e. The van der Waals surface area contributed by atoms with E-state index in [1.807, 2.05) is 18.2 Å². The predicted octanol–water partition coefficient (Wildman–Crippen LogP) is 4.33. The van der Waals surface area contributed by atoms with E-state index in [-0.39, 0.29) is 29.8 Å². The van der Waals surface area contributed by atoms with E-state index in [2.05, 4.69) is 25.1 Å². The van der Waals surface area contributed by atoms with Crippen molar-refractivity contribution in [2.24, 2.45) is 0 Å². The molecule has 1 fully saturated rings. The number of hydrogen-bond donors (Lipinski definition) is 1. The number of H-pyrrole nitrogens is 1. The molecule has 1 amide bonds. The summed E-state index contributed by atoms with van der Waals surface area (Å²) >= 11 is 0. The lowest BCUT2D eigenvalue weighted by atomic mass is 10.0. The summed E-state index contributed by atoms with van der Waals surface area (Å²) in [5, 5.41) is 6.64. The van der Waals surface area contributed by atoms with Crippen LogP contribution in [0.4, 0.5) is 24.8 Å². The molecule has 6 rings (SSSR count). The van der Waals surface area contributed by atoms with E-state index in [1.54, 1.807) is 22.8 Å². The van der Waals surface area contributed by atoms with Crippen LogP contribution in [0.3, 0.4) is 0 Å². The first-order chi connectivity index (χ1) is 17.8. The van der Waals surface area contributed by atoms with Gasteiger partial charge in [-0.05, 0) is 44.0 Å². The summed E-state index contributed by atoms with van der Waals surface area (Å²) in [7, 11) is 1.46. The van der Waals surface area contributed by atoms with Crippen molar-refractivity contribution < 1.29 is 18.0 Å². The second-order valence-electron chi connectivity index (χ2n) is 9.27. The van der Waals surface area contributed by atoms with E-state index in [4.69, 9.17) is 0 Å². The maximum Gasteiger partial charge on any atom is 0.409 e. The Kier molecular flexibility index (Phi) is 5.55. The van der Waals surface area contributed by atoms with E-state index in [9.17, 15) is 18.0 Å². The van der Waals surface area contributed by atoms with E-state index in [0.717, 1.165) is 12.8 Å². The van der Waals surface area contributed by atoms with Gasteiger partial charge >= 0.3 is 6.18 Å². The van der Waals surface area contributed by atoms with Crippen molar-refractivity contribution in [3.63, 3.8) is 0 Å². The number of hydrogen-bond acceptors (Lipinski definition) is 6. The van der Waals surface area contributed by atoms with Crippen LogP contribution in [0, 0.1) is 0 Å². The average molecular weight is 509 g/mol. The maximum absolute atomic E-state index is 14.0. The van der Waals surface area contributed by atoms with Gasteiger partial charge in [-0.25, -0.2) is 15.0 Å². The number of alkyl halides is 3. The molecular formula is C25H23F3N8O. The zero-order valence-corrected chi connectivity index (χ0v) is 19.9. The molecule has 1 atom stereocenters. The van der Waals surface area contributed by atoms with Gasteiger partial charge in [0.2, 0.25) is 5.95 Å². The van der Waals surface area contributed by atoms with Gasteiger partial charge in [0, 0.05) is 30.4 Å². The third-order valence-corrected chi connectivity index (χ3v) is 6.86. The second-order valence-corrected chi connectivity index (χ2v) is 9.27. The van der Waals surface area contributed by atoms with Crippen LogP contribution in [-0.2, 0) is 6.42 Å². The molecule has 1 aliphatic carbocycles. The van der Waals surface area contributed by atoms with Crippen LogP contribution in [0.1, 0.15) is 52.2 Å². The van der Waals surface area contributed by atoms with Crippen molar-refractivity contribution in [1.29, 1.82) is 0 Å². The number of aromatic amines is 1. The second kappa shape index (κ2) is 8.80. The van der Waals surface area contributed by atoms with Gasteiger partial charge in [-0.15, -0.1) is 0 Å². The topological polar surface area (TPSA) is 95.8 Å². The number of likely N-dealkylation sites (N-methyl/N-ethyl adjacent to an activating group) is 1. The number of anilines is 2. The Balaban J connectivity index is 1.48. The smallest absolute Gasteiger partial charge is 0.302 e. The Morgan fingerprint density at radius 3 is 2.57 bits per heavy atom. The molecule has 0 saturated heterocycles. The molecule has 0 spiro atoms. The molecule has 4 heterocycles. The number of imidazole rings is 1. The van der Waals surface area contributed by atoms with Crippen molar-refractivity contribution in [3.8, 4) is 5.69 Å². The van der Waals surface area contributed by atoms with E-state index < -0.39 is 18.1 Å². The third kappa shape index (κ3) is 4.06. The number of carbonyl (C=O) groups is 1. The molecule has 2 aliphatic rings. The van der Waals surface area contributed by atoms with Crippen molar-refractivity contribution in [2.45, 2.75) is 37.4 Å². The lowest BCUT2D eigenvalue weighted by Gasteiger charge is -2.33. The average Bonchev–Trinajstić information content (AvgIpc) is 3.41. The minimum atomic E-state index is -4.45. The fourth-order valence-electron chi connectivity index (χ4n) is 5.04. The molecule has 190 valence electrons. The standard InChI is InChI=1S/C25H23F3N8O/c1-34-12-10-18-20(22(34)25(26,27)28)31-14-35(18)17-9-11-29-21(19(17)15-7-8-15)23(37)36(24-30-13-32-33-24)16-5-3-2-4-6-16/h2-6,9,11,13-15,22H,7-8,10,12H2,1H3,(H,30,32,33). The fraction of sp³-hybridized carbons (Fsp3) is 0.320. The molecule has 9 nitrogen and oxygen atoms in total. The highest BCUT2D eigenvalue weighted by Gasteiger charge is 2.48. The first-order valence-electron chi connectivity index (χ1n) is 11.9. The van der Waals surface area contributed by atoms with Crippen LogP contribution in [0.15, 0.2) is 55.2 Å². The van der Waals surface area contributed by atoms with Gasteiger partial charge in [-0.3, -0.25) is 14.7 Å². The quantitative estimate of drug-likeness (QED) is 0.431. The number of para-hydroxylation sites is 1. The van der Waals surface area contributed by atoms with Crippen LogP contribution in [-0.4, -0.2) is 60.3 Å². The van der Waals surface area contributed by atoms with Gasteiger partial charge < -0.3 is 4.57 Å². The van der Waals surface area contributed by atoms with Crippen LogP contribution >= 0.6 is 0 Å². The van der Waals surface area contributed by atoms with Gasteiger partial charge in [0.15, 0.2) is 6.04 Å². The predicted molar refractivity (Wildman–Crippen MR) is 128 cm³/mol. The number of fused-ring (bicyclic) bond motifs is 1. The highest BCUT2D eigenvalue weighted by Crippen LogP contribution is 2.46. The van der Waals surface area contributed by atoms with Gasteiger partial charge in [-0.2, -0.15) is 23.3 Å². The van der Waals surface area contributed by atoms with Crippen LogP contribution in [0.25, 0.3) is 5.69 Å². The zero-order valence-electron chi connectivity index (χ0n) is 19.9. The van der Waals surface area contributed by atoms with Crippen LogP contribution in [0.5, 0.6) is 0 Å². The highest BCUT2D eigenvalue weighted by molar-refractivity contribution is 6.10. The molecule has 12 heteroatoms. The van der Waals surface area contributed by atoms with Crippen molar-refractivity contribution in [3.05, 3.63) is 77.9 Å². The van der Waals surface area contributed by atoms with Crippen LogP contribution < -0.4 is 4.90 Å². The molecule has 1 aromatic carbocycles. The Hall–Kier alpha value is -4.06. The number of nitrogens with zero attached hydrogens (tertiary/aromatic N) is 7. The van der Waals surface area contributed by atoms with Crippen molar-refractivity contribution in [2.75, 3.05) is 18.5 Å². The highest BCUT2D eigenvalue weighted by atomic mass is 19.4. The molecule has 1 aliphatic heterocycles. The Labute approximate surface area is 210 Å². The molecule has 1 unspecified atom stereocenters. The number of rotatable bonds is 5. The monoisotopic (exact) mass is 508 g/mol. The Bertz CT molecular complexity index is 1430. The fourth-order valence-corrected chi connectivity index (χ4v) is 5.04. The third-order valence-electron chi connectivity index (χ3n) is 6.86. The van der Waals surface area contributed by atoms with Gasteiger partial charge in [0.1, 0.15) is 12.0 Å². The molecule has 3 aromatic heterocycles. The number of halogens is 3. The number of aromatic nitrogens is 6. The van der Waals surface area contributed by atoms with E-state index in [1.165, 1.54) is 35.7 Å². The first kappa shape index (κ1) is 23.3. The maximum atomic E-state index is 14.0. The summed E-state index contributed by atoms with van der Waals surface area (Å²) in [6.07, 6.45) is 1.94. The molecule has 1 saturated carbocycles. The summed E-state index contributed by atoms with van der Waals surface area (Å²) in [5.41, 5.74) is 2.64. The molecule has 0 bridgehead atoms. The molecule has 1 N–H and O–H groups in total. The number of carbonyl (C=O) groups excluding carboxylic acids is 1. The SMILES string of the molecule is CN1CCc2c(ncn2-c2ccnc(C(=O)N(c3ccccc3)c3ncn[nH]3)c2C2CC2)C1C(F)(F)F. The van der Waals surface area contributed by atoms with Gasteiger partial charge in [0.05, 0.1) is 23.4 Å². The summed E-state index contributed by atoms with van der Waals surface area (Å²) in [6, 6.07) is 8.99. The van der Waals surface area contributed by atoms with E-state index in [0.29, 0.717) is 29.1 Å². The molecule has 0 radical (unpaired) electrons. The van der Waals surface area contributed by atoms with E-state index >= 15 is 0 Å². The Morgan fingerprint density at radius 2 is 1.89 bits per heavy atom. The van der Waals surface area contributed by atoms with Gasteiger partial charge in [0.25, 0.3) is 5.91 Å². The largest absolute Gasteiger partial charge is 0.409 e. The van der Waals surface area contributed by atoms with Crippen molar-refractivity contribution >= 4 is 17.5 Å². The number of nitrogens with one attached hydrogen (secondary N) is 1. The van der Waals surface area contributed by atoms with Gasteiger partial charge in [-0.1, -0.05) is 18.2 Å². The normalized spacial score (nSPS) is 18.0. The zero-order chi connectivity index (χ0) is 25.7. The summed E-state index contributed by atoms with van der Waals surface area (Å²) in [5.74, 6) is -0.104. The lowest BCUT2D eigenvalue weighted by Crippen LogP contribution is -2.41. The summed E-state index contributed by atoms with van der Waals surface area (Å²) in [4.78, 5) is 29.6. The molecular weight excluding hydrogens is 485 g/mol. The molecule has 37 heavy (non-hydrogen) atoms. The lowest BCUT2D eigenvalue weighted by molar-refractivity contribution is -0.186. The minimum absolute atomic E-state index is 0.000239. The summed E-state index contributed by atoms with van der Waals surface area (Å²) < 4.78 is 43.4. The Morgan fingerprint density at radius 1 is 1.11 bits per heavy atom. The number of amides is 1. The van der Waals surface area contributed by atoms with Crippen LogP contribution in [0.2, 0.25) is 0 Å². The van der Waals surface area contributed by atoms with Crippen molar-refractivity contribution in [1.82, 2.24) is 34.6 Å². The summed E-state index contributed by atoms with van der Waals surface area (Å²) in [6.45, 7) is 0.242. The number of pyridine rings is 1.